The molecule has 1 atom stereocenters. The Bertz CT molecular complexity index is 1920. The molecule has 0 aliphatic carbocycles. The Labute approximate surface area is 273 Å². The molecule has 0 radical (unpaired) electrons. The van der Waals surface area contributed by atoms with Crippen molar-refractivity contribution < 1.29 is 23.7 Å². The van der Waals surface area contributed by atoms with Gasteiger partial charge in [0.05, 0.1) is 36.2 Å². The maximum Gasteiger partial charge on any atom is 0.240 e. The van der Waals surface area contributed by atoms with Crippen molar-refractivity contribution >= 4 is 33.2 Å². The summed E-state index contributed by atoms with van der Waals surface area (Å²) in [6.45, 7) is 8.31. The van der Waals surface area contributed by atoms with Crippen molar-refractivity contribution in [2.24, 2.45) is 5.10 Å². The first kappa shape index (κ1) is 31.1. The van der Waals surface area contributed by atoms with Crippen molar-refractivity contribution in [1.82, 2.24) is 9.99 Å². The molecule has 0 N–H and O–H groups in total. The molecular weight excluding hydrogens is 598 g/mol. The van der Waals surface area contributed by atoms with Crippen molar-refractivity contribution in [2.75, 3.05) is 27.4 Å². The summed E-state index contributed by atoms with van der Waals surface area (Å²) in [4.78, 5) is 17.5. The van der Waals surface area contributed by atoms with Gasteiger partial charge in [0.1, 0.15) is 29.7 Å². The summed E-state index contributed by atoms with van der Waals surface area (Å²) in [5, 5.41) is 7.27. The zero-order valence-corrected chi connectivity index (χ0v) is 27.7. The SMILES string of the molecule is COc1ccc(C2CC(c3cc(C)c(C)c(OC)c3)=NN2C(C)=O)cc1OCCOc1ccc(-c2nc3ccccc3s2)cc1C. The van der Waals surface area contributed by atoms with Crippen LogP contribution in [0.25, 0.3) is 20.8 Å². The molecule has 0 bridgehead atoms. The molecular formula is C37H37N3O5S. The van der Waals surface area contributed by atoms with Crippen LogP contribution >= 0.6 is 11.3 Å². The minimum absolute atomic E-state index is 0.132. The molecule has 0 fully saturated rings. The number of benzene rings is 4. The van der Waals surface area contributed by atoms with Crippen LogP contribution in [0.15, 0.2) is 77.9 Å². The fraction of sp³-hybridized carbons (Fsp3) is 0.270. The molecule has 5 aromatic rings. The van der Waals surface area contributed by atoms with Gasteiger partial charge in [0.2, 0.25) is 5.91 Å². The Balaban J connectivity index is 1.13. The van der Waals surface area contributed by atoms with Gasteiger partial charge in [-0.1, -0.05) is 18.2 Å². The molecule has 1 amide bonds. The maximum absolute atomic E-state index is 12.7. The van der Waals surface area contributed by atoms with Gasteiger partial charge < -0.3 is 18.9 Å². The molecule has 0 spiro atoms. The van der Waals surface area contributed by atoms with Gasteiger partial charge in [0, 0.05) is 24.5 Å². The van der Waals surface area contributed by atoms with Gasteiger partial charge in [0.15, 0.2) is 11.5 Å². The number of fused-ring (bicyclic) bond motifs is 1. The van der Waals surface area contributed by atoms with Crippen LogP contribution in [-0.2, 0) is 4.79 Å². The van der Waals surface area contributed by atoms with E-state index in [2.05, 4.69) is 18.2 Å². The molecule has 236 valence electrons. The fourth-order valence-corrected chi connectivity index (χ4v) is 6.66. The first-order valence-corrected chi connectivity index (χ1v) is 16.0. The first-order chi connectivity index (χ1) is 22.2. The number of carbonyl (C=O) groups excluding carboxylic acids is 1. The monoisotopic (exact) mass is 635 g/mol. The molecule has 6 rings (SSSR count). The van der Waals surface area contributed by atoms with Gasteiger partial charge in [-0.2, -0.15) is 5.10 Å². The Kier molecular flexibility index (Phi) is 8.94. The second kappa shape index (κ2) is 13.2. The van der Waals surface area contributed by atoms with Crippen LogP contribution in [0.5, 0.6) is 23.0 Å². The van der Waals surface area contributed by atoms with E-state index in [1.807, 2.05) is 75.4 Å². The van der Waals surface area contributed by atoms with Crippen molar-refractivity contribution in [3.8, 4) is 33.6 Å². The van der Waals surface area contributed by atoms with Crippen molar-refractivity contribution in [2.45, 2.75) is 40.2 Å². The van der Waals surface area contributed by atoms with Crippen LogP contribution in [-0.4, -0.2) is 49.0 Å². The van der Waals surface area contributed by atoms with Crippen LogP contribution in [0.4, 0.5) is 0 Å². The summed E-state index contributed by atoms with van der Waals surface area (Å²) in [5.41, 5.74) is 7.98. The molecule has 0 saturated heterocycles. The van der Waals surface area contributed by atoms with E-state index in [9.17, 15) is 4.79 Å². The number of thiazole rings is 1. The summed E-state index contributed by atoms with van der Waals surface area (Å²) < 4.78 is 24.6. The Morgan fingerprint density at radius 3 is 2.26 bits per heavy atom. The molecule has 4 aromatic carbocycles. The van der Waals surface area contributed by atoms with Crippen LogP contribution in [0.2, 0.25) is 0 Å². The van der Waals surface area contributed by atoms with Gasteiger partial charge >= 0.3 is 0 Å². The average Bonchev–Trinajstić information content (AvgIpc) is 3.70. The fourth-order valence-electron chi connectivity index (χ4n) is 5.70. The standard InChI is InChI=1S/C37H37N3O5S/c1-22-17-28(20-34(43-6)24(22)3)30-21-31(40(39-30)25(4)41)26-11-14-33(42-5)35(19-26)45-16-15-44-32-13-12-27(18-23(32)2)37-38-29-9-7-8-10-36(29)46-37/h7-14,17-20,31H,15-16,21H2,1-6H3. The minimum Gasteiger partial charge on any atom is -0.496 e. The highest BCUT2D eigenvalue weighted by atomic mass is 32.1. The van der Waals surface area contributed by atoms with Crippen molar-refractivity contribution in [3.63, 3.8) is 0 Å². The summed E-state index contributed by atoms with van der Waals surface area (Å²) in [7, 11) is 3.28. The number of carbonyl (C=O) groups is 1. The van der Waals surface area contributed by atoms with E-state index < -0.39 is 0 Å². The second-order valence-electron chi connectivity index (χ2n) is 11.3. The lowest BCUT2D eigenvalue weighted by atomic mass is 9.95. The lowest BCUT2D eigenvalue weighted by molar-refractivity contribution is -0.130. The van der Waals surface area contributed by atoms with Gasteiger partial charge in [-0.3, -0.25) is 4.79 Å². The number of aromatic nitrogens is 1. The van der Waals surface area contributed by atoms with Crippen molar-refractivity contribution in [1.29, 1.82) is 0 Å². The van der Waals surface area contributed by atoms with Gasteiger partial charge in [-0.15, -0.1) is 11.3 Å². The summed E-state index contributed by atoms with van der Waals surface area (Å²) >= 11 is 1.68. The molecule has 46 heavy (non-hydrogen) atoms. The predicted molar refractivity (Wildman–Crippen MR) is 183 cm³/mol. The van der Waals surface area contributed by atoms with E-state index in [4.69, 9.17) is 29.0 Å². The van der Waals surface area contributed by atoms with Crippen LogP contribution in [0, 0.1) is 20.8 Å². The van der Waals surface area contributed by atoms with E-state index in [0.717, 1.165) is 61.1 Å². The van der Waals surface area contributed by atoms with E-state index in [-0.39, 0.29) is 11.9 Å². The van der Waals surface area contributed by atoms with E-state index >= 15 is 0 Å². The number of nitrogens with zero attached hydrogens (tertiary/aromatic N) is 3. The third-order valence-electron chi connectivity index (χ3n) is 8.29. The highest BCUT2D eigenvalue weighted by Gasteiger charge is 2.32. The van der Waals surface area contributed by atoms with E-state index in [0.29, 0.717) is 31.1 Å². The van der Waals surface area contributed by atoms with Gasteiger partial charge in [-0.25, -0.2) is 9.99 Å². The number of hydrazone groups is 1. The van der Waals surface area contributed by atoms with Gasteiger partial charge in [-0.05, 0) is 97.6 Å². The number of para-hydroxylation sites is 1. The molecule has 0 saturated carbocycles. The molecule has 1 aliphatic heterocycles. The molecule has 9 heteroatoms. The third-order valence-corrected chi connectivity index (χ3v) is 9.38. The summed E-state index contributed by atoms with van der Waals surface area (Å²) in [5.74, 6) is 2.65. The number of ether oxygens (including phenoxy) is 4. The summed E-state index contributed by atoms with van der Waals surface area (Å²) in [6.07, 6.45) is 0.562. The number of hydrogen-bond acceptors (Lipinski definition) is 8. The van der Waals surface area contributed by atoms with E-state index in [1.165, 1.54) is 11.6 Å². The quantitative estimate of drug-likeness (QED) is 0.144. The van der Waals surface area contributed by atoms with Crippen LogP contribution < -0.4 is 18.9 Å². The number of rotatable bonds is 10. The van der Waals surface area contributed by atoms with E-state index in [1.54, 1.807) is 30.6 Å². The lowest BCUT2D eigenvalue weighted by Crippen LogP contribution is -2.24. The molecule has 8 nitrogen and oxygen atoms in total. The third kappa shape index (κ3) is 6.28. The molecule has 1 unspecified atom stereocenters. The number of aryl methyl sites for hydroxylation is 2. The highest BCUT2D eigenvalue weighted by molar-refractivity contribution is 7.21. The number of methoxy groups -OCH3 is 2. The topological polar surface area (TPSA) is 82.5 Å². The number of amides is 1. The zero-order chi connectivity index (χ0) is 32.4. The molecule has 1 aliphatic rings. The van der Waals surface area contributed by atoms with Crippen LogP contribution in [0.1, 0.15) is 47.2 Å². The zero-order valence-electron chi connectivity index (χ0n) is 26.9. The highest BCUT2D eigenvalue weighted by Crippen LogP contribution is 2.38. The predicted octanol–water partition coefficient (Wildman–Crippen LogP) is 8.06. The Morgan fingerprint density at radius 1 is 0.826 bits per heavy atom. The number of hydrogen-bond donors (Lipinski definition) is 0. The van der Waals surface area contributed by atoms with Crippen LogP contribution in [0.3, 0.4) is 0 Å². The summed E-state index contributed by atoms with van der Waals surface area (Å²) in [6, 6.07) is 23.8. The average molecular weight is 636 g/mol. The lowest BCUT2D eigenvalue weighted by Gasteiger charge is -2.22. The normalized spacial score (nSPS) is 14.3. The second-order valence-corrected chi connectivity index (χ2v) is 12.4. The molecule has 1 aromatic heterocycles. The molecule has 2 heterocycles. The Morgan fingerprint density at radius 2 is 1.54 bits per heavy atom. The van der Waals surface area contributed by atoms with Crippen molar-refractivity contribution in [3.05, 3.63) is 101 Å². The minimum atomic E-state index is -0.277. The largest absolute Gasteiger partial charge is 0.496 e. The smallest absolute Gasteiger partial charge is 0.240 e. The van der Waals surface area contributed by atoms with Gasteiger partial charge in [0.25, 0.3) is 0 Å². The maximum atomic E-state index is 12.7. The first-order valence-electron chi connectivity index (χ1n) is 15.2. The Hall–Kier alpha value is -4.89.